The summed E-state index contributed by atoms with van der Waals surface area (Å²) >= 11 is 0. The van der Waals surface area contributed by atoms with E-state index >= 15 is 0 Å². The van der Waals surface area contributed by atoms with Crippen LogP contribution in [0.15, 0.2) is 212 Å². The Labute approximate surface area is 424 Å². The van der Waals surface area contributed by atoms with Crippen LogP contribution in [0.1, 0.15) is 26.3 Å². The molecule has 0 saturated heterocycles. The Hall–Kier alpha value is -9.07. The smallest absolute Gasteiger partial charge is 0.137 e. The molecule has 0 spiro atoms. The number of ether oxygens (including phenoxy) is 1. The summed E-state index contributed by atoms with van der Waals surface area (Å²) in [7, 11) is 4.42. The van der Waals surface area contributed by atoms with Crippen LogP contribution in [0, 0.1) is 0 Å². The Morgan fingerprint density at radius 1 is 0.438 bits per heavy atom. The molecule has 0 fully saturated rings. The van der Waals surface area contributed by atoms with Crippen molar-refractivity contribution in [3.63, 3.8) is 0 Å². The van der Waals surface area contributed by atoms with E-state index in [0.29, 0.717) is 6.67 Å². The Bertz CT molecular complexity index is 4250. The lowest BCUT2D eigenvalue weighted by Gasteiger charge is -2.25. The fraction of sp³-hybridized carbons (Fsp3) is 0.106. The minimum absolute atomic E-state index is 0.139. The molecule has 352 valence electrons. The molecule has 73 heavy (non-hydrogen) atoms. The molecular formula is C66H52N6O. The molecule has 13 aromatic rings. The standard InChI is InChI=1S/C66H52N6O/c1-66(2,3)55-39-62(67-40-54(55)43-21-10-7-11-22-43)72-58-34-31-44(42-19-8-6-9-20-42)35-51(58)50-33-32-47(37-61(50)72)73-46-24-18-23-45(36-46)70-41-71(60-30-17-16-29-59(60)70)65-63-52(48-25-12-14-27-56(48)68(63)4)38-53-49-26-13-15-28-57(49)69(5)64(53)65/h6-40H,41H2,1-5H3. The van der Waals surface area contributed by atoms with E-state index in [1.807, 2.05) is 0 Å². The molecule has 7 nitrogen and oxygen atoms in total. The SMILES string of the molecule is Cn1c2ccccc2c2cc3c4ccccc4n(C)c3c(N3CN(c4cccc(Oc5ccc6c7cc(-c8ccccc8)ccc7n(-c7cc(C(C)(C)C)c(-c8ccccc8)cn7)c6c5)c4)c4ccccc43)c21. The second-order valence-electron chi connectivity index (χ2n) is 20.6. The summed E-state index contributed by atoms with van der Waals surface area (Å²) in [6.45, 7) is 7.46. The van der Waals surface area contributed by atoms with Crippen molar-refractivity contribution in [1.82, 2.24) is 18.7 Å². The molecule has 0 amide bonds. The van der Waals surface area contributed by atoms with Gasteiger partial charge in [0.2, 0.25) is 0 Å². The summed E-state index contributed by atoms with van der Waals surface area (Å²) in [4.78, 5) is 10.2. The third-order valence-corrected chi connectivity index (χ3v) is 15.3. The van der Waals surface area contributed by atoms with Gasteiger partial charge in [0.1, 0.15) is 24.0 Å². The molecule has 1 aliphatic heterocycles. The summed E-state index contributed by atoms with van der Waals surface area (Å²) in [5.74, 6) is 2.38. The van der Waals surface area contributed by atoms with Gasteiger partial charge < -0.3 is 23.7 Å². The van der Waals surface area contributed by atoms with Gasteiger partial charge >= 0.3 is 0 Å². The van der Waals surface area contributed by atoms with E-state index in [1.54, 1.807) is 0 Å². The van der Waals surface area contributed by atoms with E-state index in [0.717, 1.165) is 67.3 Å². The van der Waals surface area contributed by atoms with Gasteiger partial charge in [0.05, 0.1) is 39.1 Å². The molecule has 7 heteroatoms. The van der Waals surface area contributed by atoms with Gasteiger partial charge in [0.15, 0.2) is 0 Å². The fourth-order valence-corrected chi connectivity index (χ4v) is 11.9. The number of hydrogen-bond acceptors (Lipinski definition) is 4. The molecular weight excluding hydrogens is 893 g/mol. The van der Waals surface area contributed by atoms with Gasteiger partial charge in [0.25, 0.3) is 0 Å². The van der Waals surface area contributed by atoms with Gasteiger partial charge in [-0.25, -0.2) is 4.98 Å². The van der Waals surface area contributed by atoms with Crippen LogP contribution < -0.4 is 14.5 Å². The maximum absolute atomic E-state index is 6.95. The van der Waals surface area contributed by atoms with Gasteiger partial charge in [-0.15, -0.1) is 0 Å². The minimum Gasteiger partial charge on any atom is -0.457 e. The highest BCUT2D eigenvalue weighted by atomic mass is 16.5. The van der Waals surface area contributed by atoms with Crippen LogP contribution in [-0.4, -0.2) is 25.4 Å². The average molecular weight is 945 g/mol. The summed E-state index contributed by atoms with van der Waals surface area (Å²) in [5, 5.41) is 7.32. The summed E-state index contributed by atoms with van der Waals surface area (Å²) < 4.78 is 14.0. The fourth-order valence-electron chi connectivity index (χ4n) is 11.9. The zero-order valence-corrected chi connectivity index (χ0v) is 41.5. The third-order valence-electron chi connectivity index (χ3n) is 15.3. The number of aryl methyl sites for hydroxylation is 2. The first-order valence-electron chi connectivity index (χ1n) is 25.2. The van der Waals surface area contributed by atoms with Crippen LogP contribution >= 0.6 is 0 Å². The molecule has 0 bridgehead atoms. The van der Waals surface area contributed by atoms with Crippen molar-refractivity contribution in [2.75, 3.05) is 16.5 Å². The predicted molar refractivity (Wildman–Crippen MR) is 305 cm³/mol. The second-order valence-corrected chi connectivity index (χ2v) is 20.6. The van der Waals surface area contributed by atoms with Gasteiger partial charge in [-0.1, -0.05) is 142 Å². The highest BCUT2D eigenvalue weighted by Gasteiger charge is 2.33. The number of nitrogens with zero attached hydrogens (tertiary/aromatic N) is 6. The Balaban J connectivity index is 0.882. The average Bonchev–Trinajstić information content (AvgIpc) is 4.14. The molecule has 0 aliphatic carbocycles. The van der Waals surface area contributed by atoms with Crippen molar-refractivity contribution in [1.29, 1.82) is 0 Å². The number of benzene rings is 9. The van der Waals surface area contributed by atoms with Crippen molar-refractivity contribution in [3.05, 3.63) is 218 Å². The van der Waals surface area contributed by atoms with Crippen molar-refractivity contribution >= 4 is 88.2 Å². The van der Waals surface area contributed by atoms with E-state index in [2.05, 4.69) is 271 Å². The molecule has 4 aromatic heterocycles. The summed E-state index contributed by atoms with van der Waals surface area (Å²) in [6, 6.07) is 74.1. The van der Waals surface area contributed by atoms with Crippen LogP contribution in [0.3, 0.4) is 0 Å². The van der Waals surface area contributed by atoms with Crippen LogP contribution in [0.25, 0.3) is 93.5 Å². The van der Waals surface area contributed by atoms with E-state index in [4.69, 9.17) is 9.72 Å². The van der Waals surface area contributed by atoms with E-state index in [9.17, 15) is 0 Å². The second kappa shape index (κ2) is 16.2. The molecule has 14 rings (SSSR count). The Morgan fingerprint density at radius 3 is 1.73 bits per heavy atom. The van der Waals surface area contributed by atoms with Gasteiger partial charge in [0, 0.05) is 87.0 Å². The number of rotatable bonds is 7. The largest absolute Gasteiger partial charge is 0.457 e. The zero-order valence-electron chi connectivity index (χ0n) is 41.5. The number of pyridine rings is 1. The molecule has 0 atom stereocenters. The van der Waals surface area contributed by atoms with Crippen LogP contribution in [-0.2, 0) is 19.5 Å². The van der Waals surface area contributed by atoms with Crippen LogP contribution in [0.2, 0.25) is 0 Å². The van der Waals surface area contributed by atoms with Crippen molar-refractivity contribution in [3.8, 4) is 39.6 Å². The van der Waals surface area contributed by atoms with Gasteiger partial charge in [-0.2, -0.15) is 0 Å². The van der Waals surface area contributed by atoms with Crippen molar-refractivity contribution in [2.24, 2.45) is 14.1 Å². The molecule has 0 saturated carbocycles. The first kappa shape index (κ1) is 42.8. The molecule has 0 N–H and O–H groups in total. The summed E-state index contributed by atoms with van der Waals surface area (Å²) in [6.07, 6.45) is 2.05. The van der Waals surface area contributed by atoms with Crippen LogP contribution in [0.5, 0.6) is 11.5 Å². The number of anilines is 4. The van der Waals surface area contributed by atoms with Crippen molar-refractivity contribution < 1.29 is 4.74 Å². The molecule has 0 radical (unpaired) electrons. The van der Waals surface area contributed by atoms with Gasteiger partial charge in [-0.3, -0.25) is 4.57 Å². The number of aromatic nitrogens is 4. The predicted octanol–water partition coefficient (Wildman–Crippen LogP) is 17.1. The first-order valence-corrected chi connectivity index (χ1v) is 25.2. The Morgan fingerprint density at radius 2 is 1.04 bits per heavy atom. The monoisotopic (exact) mass is 944 g/mol. The minimum atomic E-state index is -0.139. The lowest BCUT2D eigenvalue weighted by molar-refractivity contribution is 0.483. The van der Waals surface area contributed by atoms with E-state index in [-0.39, 0.29) is 5.41 Å². The van der Waals surface area contributed by atoms with Gasteiger partial charge in [-0.05, 0) is 100 Å². The molecule has 1 aliphatic rings. The topological polar surface area (TPSA) is 43.4 Å². The molecule has 0 unspecified atom stereocenters. The quantitative estimate of drug-likeness (QED) is 0.160. The van der Waals surface area contributed by atoms with E-state index < -0.39 is 0 Å². The zero-order chi connectivity index (χ0) is 49.1. The number of para-hydroxylation sites is 4. The maximum atomic E-state index is 6.95. The normalized spacial score (nSPS) is 12.9. The lowest BCUT2D eigenvalue weighted by Crippen LogP contribution is -2.25. The van der Waals surface area contributed by atoms with E-state index in [1.165, 1.54) is 66.0 Å². The highest BCUT2D eigenvalue weighted by Crippen LogP contribution is 2.51. The Kier molecular flexibility index (Phi) is 9.51. The third kappa shape index (κ3) is 6.69. The van der Waals surface area contributed by atoms with Crippen LogP contribution in [0.4, 0.5) is 22.7 Å². The highest BCUT2D eigenvalue weighted by molar-refractivity contribution is 6.25. The lowest BCUT2D eigenvalue weighted by atomic mass is 9.82. The molecule has 5 heterocycles. The first-order chi connectivity index (χ1) is 35.7. The van der Waals surface area contributed by atoms with Crippen molar-refractivity contribution in [2.45, 2.75) is 26.2 Å². The summed E-state index contributed by atoms with van der Waals surface area (Å²) in [5.41, 5.74) is 17.3. The molecule has 9 aromatic carbocycles. The number of fused-ring (bicyclic) bond motifs is 10. The number of hydrogen-bond donors (Lipinski definition) is 0. The maximum Gasteiger partial charge on any atom is 0.137 e.